The highest BCUT2D eigenvalue weighted by molar-refractivity contribution is 14.1. The van der Waals surface area contributed by atoms with Crippen LogP contribution in [-0.4, -0.2) is 0 Å². The molecular formula is C14H9I. The molecule has 2 aromatic rings. The third kappa shape index (κ3) is 1.51. The van der Waals surface area contributed by atoms with Crippen LogP contribution in [0.1, 0.15) is 16.7 Å². The van der Waals surface area contributed by atoms with Crippen LogP contribution < -0.4 is 0 Å². The Kier molecular flexibility index (Phi) is 2.13. The van der Waals surface area contributed by atoms with Crippen molar-refractivity contribution >= 4 is 34.2 Å². The molecule has 1 aliphatic carbocycles. The van der Waals surface area contributed by atoms with Gasteiger partial charge in [-0.25, -0.2) is 0 Å². The Morgan fingerprint density at radius 3 is 2.53 bits per heavy atom. The number of hydrogen-bond donors (Lipinski definition) is 0. The minimum Gasteiger partial charge on any atom is -0.0616 e. The number of benzene rings is 2. The van der Waals surface area contributed by atoms with Gasteiger partial charge in [0.05, 0.1) is 0 Å². The van der Waals surface area contributed by atoms with Gasteiger partial charge in [-0.3, -0.25) is 0 Å². The summed E-state index contributed by atoms with van der Waals surface area (Å²) in [6.07, 6.45) is 2.25. The van der Waals surface area contributed by atoms with E-state index in [2.05, 4.69) is 77.2 Å². The molecule has 3 rings (SSSR count). The van der Waals surface area contributed by atoms with E-state index >= 15 is 0 Å². The second-order valence-electron chi connectivity index (χ2n) is 3.66. The first-order valence-electron chi connectivity index (χ1n) is 4.92. The first-order chi connectivity index (χ1) is 7.34. The zero-order valence-electron chi connectivity index (χ0n) is 8.07. The third-order valence-electron chi connectivity index (χ3n) is 2.69. The van der Waals surface area contributed by atoms with Crippen molar-refractivity contribution in [3.05, 3.63) is 68.8 Å². The van der Waals surface area contributed by atoms with E-state index in [1.165, 1.54) is 25.8 Å². The number of hydrogen-bond acceptors (Lipinski definition) is 0. The van der Waals surface area contributed by atoms with Crippen LogP contribution in [0, 0.1) is 3.57 Å². The van der Waals surface area contributed by atoms with E-state index in [-0.39, 0.29) is 0 Å². The maximum Gasteiger partial charge on any atom is 0.0136 e. The summed E-state index contributed by atoms with van der Waals surface area (Å²) in [4.78, 5) is 0. The quantitative estimate of drug-likeness (QED) is 0.591. The highest BCUT2D eigenvalue weighted by atomic mass is 127. The lowest BCUT2D eigenvalue weighted by atomic mass is 9.84. The maximum atomic E-state index is 2.35. The van der Waals surface area contributed by atoms with Crippen molar-refractivity contribution in [1.29, 1.82) is 0 Å². The molecule has 1 heteroatoms. The summed E-state index contributed by atoms with van der Waals surface area (Å²) < 4.78 is 1.29. The Hall–Kier alpha value is -1.09. The number of halogens is 1. The minimum atomic E-state index is 1.29. The van der Waals surface area contributed by atoms with Gasteiger partial charge in [0, 0.05) is 3.57 Å². The Bertz CT molecular complexity index is 553. The average molecular weight is 304 g/mol. The number of rotatable bonds is 1. The van der Waals surface area contributed by atoms with E-state index in [1.807, 2.05) is 0 Å². The summed E-state index contributed by atoms with van der Waals surface area (Å²) in [6, 6.07) is 17.2. The molecule has 2 aromatic carbocycles. The molecule has 0 atom stereocenters. The molecule has 0 saturated heterocycles. The van der Waals surface area contributed by atoms with Gasteiger partial charge in [-0.1, -0.05) is 36.4 Å². The van der Waals surface area contributed by atoms with Crippen molar-refractivity contribution in [3.63, 3.8) is 0 Å². The molecule has 72 valence electrons. The van der Waals surface area contributed by atoms with Gasteiger partial charge >= 0.3 is 0 Å². The van der Waals surface area contributed by atoms with Crippen LogP contribution in [0.5, 0.6) is 0 Å². The fourth-order valence-corrected chi connectivity index (χ4v) is 2.46. The van der Waals surface area contributed by atoms with Crippen LogP contribution in [0.15, 0.2) is 48.5 Å². The fraction of sp³-hybridized carbons (Fsp3) is 0. The van der Waals surface area contributed by atoms with Crippen molar-refractivity contribution in [3.8, 4) is 0 Å². The molecule has 0 aliphatic heterocycles. The van der Waals surface area contributed by atoms with Crippen LogP contribution in [0.2, 0.25) is 0 Å². The zero-order chi connectivity index (χ0) is 10.3. The molecule has 0 nitrogen and oxygen atoms in total. The molecule has 0 heterocycles. The lowest BCUT2D eigenvalue weighted by Gasteiger charge is -2.20. The molecule has 0 radical (unpaired) electrons. The van der Waals surface area contributed by atoms with E-state index in [0.717, 1.165) is 0 Å². The van der Waals surface area contributed by atoms with E-state index in [4.69, 9.17) is 0 Å². The molecule has 0 aromatic heterocycles. The summed E-state index contributed by atoms with van der Waals surface area (Å²) >= 11 is 2.35. The van der Waals surface area contributed by atoms with Crippen molar-refractivity contribution in [2.45, 2.75) is 0 Å². The third-order valence-corrected chi connectivity index (χ3v) is 3.36. The molecule has 1 aliphatic rings. The fourth-order valence-electron chi connectivity index (χ4n) is 1.92. The Morgan fingerprint density at radius 2 is 1.73 bits per heavy atom. The highest BCUT2D eigenvalue weighted by Gasteiger charge is 2.16. The van der Waals surface area contributed by atoms with Crippen molar-refractivity contribution in [2.24, 2.45) is 0 Å². The Balaban J connectivity index is 2.06. The summed E-state index contributed by atoms with van der Waals surface area (Å²) in [6.45, 7) is 0. The lowest BCUT2D eigenvalue weighted by molar-refractivity contribution is 1.48. The zero-order valence-corrected chi connectivity index (χ0v) is 10.2. The molecule has 0 fully saturated rings. The second kappa shape index (κ2) is 3.49. The first kappa shape index (κ1) is 9.16. The maximum absolute atomic E-state index is 2.35. The average Bonchev–Trinajstić information content (AvgIpc) is 2.20. The van der Waals surface area contributed by atoms with Gasteiger partial charge in [-0.15, -0.1) is 0 Å². The van der Waals surface area contributed by atoms with Gasteiger partial charge in [-0.2, -0.15) is 0 Å². The second-order valence-corrected chi connectivity index (χ2v) is 4.90. The molecule has 0 unspecified atom stereocenters. The summed E-state index contributed by atoms with van der Waals surface area (Å²) in [5.74, 6) is 0. The van der Waals surface area contributed by atoms with Crippen molar-refractivity contribution < 1.29 is 0 Å². The van der Waals surface area contributed by atoms with E-state index in [9.17, 15) is 0 Å². The van der Waals surface area contributed by atoms with E-state index in [1.54, 1.807) is 0 Å². The van der Waals surface area contributed by atoms with Gasteiger partial charge in [0.1, 0.15) is 0 Å². The SMILES string of the molecule is Ic1cccc(C2=Cc3ccccc32)c1. The number of fused-ring (bicyclic) bond motifs is 1. The Labute approximate surface area is 103 Å². The normalized spacial score (nSPS) is 12.7. The monoisotopic (exact) mass is 304 g/mol. The largest absolute Gasteiger partial charge is 0.0616 e. The van der Waals surface area contributed by atoms with Gasteiger partial charge in [0.15, 0.2) is 0 Å². The summed E-state index contributed by atoms with van der Waals surface area (Å²) in [7, 11) is 0. The highest BCUT2D eigenvalue weighted by Crippen LogP contribution is 2.37. The van der Waals surface area contributed by atoms with Gasteiger partial charge in [0.25, 0.3) is 0 Å². The lowest BCUT2D eigenvalue weighted by Crippen LogP contribution is -1.99. The van der Waals surface area contributed by atoms with E-state index in [0.29, 0.717) is 0 Å². The molecule has 0 amide bonds. The topological polar surface area (TPSA) is 0 Å². The molecule has 0 N–H and O–H groups in total. The minimum absolute atomic E-state index is 1.29. The summed E-state index contributed by atoms with van der Waals surface area (Å²) in [5.41, 5.74) is 5.41. The van der Waals surface area contributed by atoms with E-state index < -0.39 is 0 Å². The molecule has 0 spiro atoms. The summed E-state index contributed by atoms with van der Waals surface area (Å²) in [5, 5.41) is 0. The molecule has 15 heavy (non-hydrogen) atoms. The standard InChI is InChI=1S/C14H9I/c15-12-6-3-5-10(8-12)14-9-11-4-1-2-7-13(11)14/h1-9H. The van der Waals surface area contributed by atoms with Crippen molar-refractivity contribution in [2.75, 3.05) is 0 Å². The van der Waals surface area contributed by atoms with Crippen LogP contribution in [0.4, 0.5) is 0 Å². The van der Waals surface area contributed by atoms with Crippen LogP contribution in [-0.2, 0) is 0 Å². The van der Waals surface area contributed by atoms with Gasteiger partial charge < -0.3 is 0 Å². The van der Waals surface area contributed by atoms with Gasteiger partial charge in [0.2, 0.25) is 0 Å². The van der Waals surface area contributed by atoms with Gasteiger partial charge in [-0.05, 0) is 63.1 Å². The molecule has 0 bridgehead atoms. The predicted molar refractivity (Wildman–Crippen MR) is 72.6 cm³/mol. The van der Waals surface area contributed by atoms with Crippen LogP contribution in [0.25, 0.3) is 11.6 Å². The Morgan fingerprint density at radius 1 is 0.867 bits per heavy atom. The molecule has 0 saturated carbocycles. The molecular weight excluding hydrogens is 295 g/mol. The smallest absolute Gasteiger partial charge is 0.0136 e. The van der Waals surface area contributed by atoms with Crippen LogP contribution >= 0.6 is 22.6 Å². The predicted octanol–water partition coefficient (Wildman–Crippen LogP) is 4.19. The van der Waals surface area contributed by atoms with Crippen LogP contribution in [0.3, 0.4) is 0 Å². The van der Waals surface area contributed by atoms with Crippen molar-refractivity contribution in [1.82, 2.24) is 0 Å². The first-order valence-corrected chi connectivity index (χ1v) is 5.99.